The summed E-state index contributed by atoms with van der Waals surface area (Å²) < 4.78 is 0. The largest absolute Gasteiger partial charge is 0.358 e. The smallest absolute Gasteiger partial charge is 0.262 e. The molecule has 0 fully saturated rings. The molecule has 3 aromatic rings. The number of nitrogens with zero attached hydrogens (tertiary/aromatic N) is 1. The van der Waals surface area contributed by atoms with Gasteiger partial charge in [0.05, 0.1) is 6.04 Å². The minimum Gasteiger partial charge on any atom is -0.358 e. The molecular weight excluding hydrogens is 334 g/mol. The van der Waals surface area contributed by atoms with Gasteiger partial charge in [-0.25, -0.2) is 0 Å². The molecule has 0 aliphatic rings. The zero-order chi connectivity index (χ0) is 19.4. The molecule has 0 saturated heterocycles. The van der Waals surface area contributed by atoms with E-state index < -0.39 is 0 Å². The van der Waals surface area contributed by atoms with E-state index in [2.05, 4.69) is 29.4 Å². The molecule has 0 radical (unpaired) electrons. The number of hydrogen-bond acceptors (Lipinski definition) is 2. The molecule has 2 aromatic carbocycles. The first-order chi connectivity index (χ1) is 13.0. The van der Waals surface area contributed by atoms with Crippen LogP contribution in [0.1, 0.15) is 42.3 Å². The molecule has 0 saturated carbocycles. The van der Waals surface area contributed by atoms with Crippen molar-refractivity contribution >= 4 is 22.9 Å². The summed E-state index contributed by atoms with van der Waals surface area (Å²) in [6, 6.07) is 17.9. The standard InChI is InChI=1S/C23H23N3O/c1-4-17-9-11-18(12-10-17)15(2)26-23(27)19(14-24)13-21-16(3)25-22-8-6-5-7-20(21)22/h5-13,15,25H,4H2,1-3H3,(H,26,27)/b19-13+. The maximum absolute atomic E-state index is 12.6. The summed E-state index contributed by atoms with van der Waals surface area (Å²) in [5.41, 5.74) is 5.16. The lowest BCUT2D eigenvalue weighted by Gasteiger charge is -2.14. The third-order valence-electron chi connectivity index (χ3n) is 4.83. The summed E-state index contributed by atoms with van der Waals surface area (Å²) in [7, 11) is 0. The van der Waals surface area contributed by atoms with Gasteiger partial charge in [-0.05, 0) is 43.5 Å². The van der Waals surface area contributed by atoms with Crippen LogP contribution in [0.5, 0.6) is 0 Å². The van der Waals surface area contributed by atoms with Crippen molar-refractivity contribution in [2.24, 2.45) is 0 Å². The van der Waals surface area contributed by atoms with E-state index in [1.165, 1.54) is 5.56 Å². The van der Waals surface area contributed by atoms with Crippen LogP contribution in [0.25, 0.3) is 17.0 Å². The van der Waals surface area contributed by atoms with Crippen molar-refractivity contribution < 1.29 is 4.79 Å². The lowest BCUT2D eigenvalue weighted by molar-refractivity contribution is -0.117. The van der Waals surface area contributed by atoms with Gasteiger partial charge in [0, 0.05) is 22.2 Å². The molecule has 4 heteroatoms. The van der Waals surface area contributed by atoms with Crippen LogP contribution in [0.2, 0.25) is 0 Å². The van der Waals surface area contributed by atoms with Crippen LogP contribution in [-0.4, -0.2) is 10.9 Å². The Hall–Kier alpha value is -3.32. The number of H-pyrrole nitrogens is 1. The molecule has 4 nitrogen and oxygen atoms in total. The summed E-state index contributed by atoms with van der Waals surface area (Å²) >= 11 is 0. The fourth-order valence-corrected chi connectivity index (χ4v) is 3.18. The summed E-state index contributed by atoms with van der Waals surface area (Å²) in [5, 5.41) is 13.4. The van der Waals surface area contributed by atoms with Crippen LogP contribution >= 0.6 is 0 Å². The molecule has 0 aliphatic heterocycles. The zero-order valence-electron chi connectivity index (χ0n) is 15.8. The van der Waals surface area contributed by atoms with Crippen LogP contribution in [0, 0.1) is 18.3 Å². The SMILES string of the molecule is CCc1ccc(C(C)NC(=O)/C(C#N)=C/c2c(C)[nH]c3ccccc23)cc1. The number of aromatic nitrogens is 1. The number of benzene rings is 2. The van der Waals surface area contributed by atoms with E-state index in [-0.39, 0.29) is 17.5 Å². The second-order valence-corrected chi connectivity index (χ2v) is 6.67. The first kappa shape index (κ1) is 18.5. The molecule has 1 heterocycles. The van der Waals surface area contributed by atoms with Crippen molar-refractivity contribution in [3.63, 3.8) is 0 Å². The van der Waals surface area contributed by atoms with Crippen molar-refractivity contribution in [1.82, 2.24) is 10.3 Å². The normalized spacial score (nSPS) is 12.6. The number of aryl methyl sites for hydroxylation is 2. The molecule has 136 valence electrons. The fraction of sp³-hybridized carbons (Fsp3) is 0.217. The molecule has 1 atom stereocenters. The maximum Gasteiger partial charge on any atom is 0.262 e. The molecule has 0 spiro atoms. The number of fused-ring (bicyclic) bond motifs is 1. The highest BCUT2D eigenvalue weighted by Crippen LogP contribution is 2.24. The Morgan fingerprint density at radius 1 is 1.22 bits per heavy atom. The lowest BCUT2D eigenvalue weighted by Crippen LogP contribution is -2.27. The number of hydrogen-bond donors (Lipinski definition) is 2. The Morgan fingerprint density at radius 2 is 1.93 bits per heavy atom. The van der Waals surface area contributed by atoms with Gasteiger partial charge in [-0.3, -0.25) is 4.79 Å². The Kier molecular flexibility index (Phi) is 5.42. The summed E-state index contributed by atoms with van der Waals surface area (Å²) in [6.45, 7) is 5.97. The van der Waals surface area contributed by atoms with Gasteiger partial charge in [-0.15, -0.1) is 0 Å². The van der Waals surface area contributed by atoms with Gasteiger partial charge in [-0.2, -0.15) is 5.26 Å². The number of aromatic amines is 1. The van der Waals surface area contributed by atoms with Gasteiger partial charge in [-0.1, -0.05) is 49.4 Å². The van der Waals surface area contributed by atoms with Gasteiger partial charge < -0.3 is 10.3 Å². The average molecular weight is 357 g/mol. The average Bonchev–Trinajstić information content (AvgIpc) is 3.00. The number of nitriles is 1. The number of carbonyl (C=O) groups is 1. The Bertz CT molecular complexity index is 1040. The van der Waals surface area contributed by atoms with Crippen LogP contribution in [0.4, 0.5) is 0 Å². The Balaban J connectivity index is 1.84. The van der Waals surface area contributed by atoms with Crippen molar-refractivity contribution in [3.8, 4) is 6.07 Å². The van der Waals surface area contributed by atoms with E-state index >= 15 is 0 Å². The predicted octanol–water partition coefficient (Wildman–Crippen LogP) is 4.82. The quantitative estimate of drug-likeness (QED) is 0.507. The molecule has 3 rings (SSSR count). The Labute approximate surface area is 159 Å². The minimum absolute atomic E-state index is 0.0971. The summed E-state index contributed by atoms with van der Waals surface area (Å²) in [5.74, 6) is -0.366. The maximum atomic E-state index is 12.6. The van der Waals surface area contributed by atoms with Gasteiger partial charge in [0.25, 0.3) is 5.91 Å². The third kappa shape index (κ3) is 3.93. The minimum atomic E-state index is -0.366. The van der Waals surface area contributed by atoms with Crippen LogP contribution in [-0.2, 0) is 11.2 Å². The molecule has 1 aromatic heterocycles. The number of rotatable bonds is 5. The number of amides is 1. The topological polar surface area (TPSA) is 68.7 Å². The Morgan fingerprint density at radius 3 is 2.59 bits per heavy atom. The highest BCUT2D eigenvalue weighted by molar-refractivity contribution is 6.04. The van der Waals surface area contributed by atoms with E-state index in [1.54, 1.807) is 6.08 Å². The van der Waals surface area contributed by atoms with E-state index in [4.69, 9.17) is 0 Å². The number of carbonyl (C=O) groups excluding carboxylic acids is 1. The van der Waals surface area contributed by atoms with Crippen molar-refractivity contribution in [2.75, 3.05) is 0 Å². The van der Waals surface area contributed by atoms with E-state index in [0.717, 1.165) is 34.1 Å². The second-order valence-electron chi connectivity index (χ2n) is 6.67. The van der Waals surface area contributed by atoms with Crippen LogP contribution < -0.4 is 5.32 Å². The zero-order valence-corrected chi connectivity index (χ0v) is 15.8. The van der Waals surface area contributed by atoms with Crippen LogP contribution in [0.3, 0.4) is 0 Å². The highest BCUT2D eigenvalue weighted by Gasteiger charge is 2.15. The van der Waals surface area contributed by atoms with Crippen molar-refractivity contribution in [3.05, 3.63) is 76.5 Å². The highest BCUT2D eigenvalue weighted by atomic mass is 16.1. The number of para-hydroxylation sites is 1. The van der Waals surface area contributed by atoms with Gasteiger partial charge >= 0.3 is 0 Å². The van der Waals surface area contributed by atoms with Gasteiger partial charge in [0.2, 0.25) is 0 Å². The van der Waals surface area contributed by atoms with E-state index in [9.17, 15) is 10.1 Å². The van der Waals surface area contributed by atoms with Crippen LogP contribution in [0.15, 0.2) is 54.1 Å². The molecular formula is C23H23N3O. The third-order valence-corrected chi connectivity index (χ3v) is 4.83. The first-order valence-corrected chi connectivity index (χ1v) is 9.12. The predicted molar refractivity (Wildman–Crippen MR) is 109 cm³/mol. The molecule has 27 heavy (non-hydrogen) atoms. The fourth-order valence-electron chi connectivity index (χ4n) is 3.18. The second kappa shape index (κ2) is 7.92. The molecule has 0 bridgehead atoms. The summed E-state index contributed by atoms with van der Waals surface area (Å²) in [6.07, 6.45) is 2.64. The monoisotopic (exact) mass is 357 g/mol. The van der Waals surface area contributed by atoms with Gasteiger partial charge in [0.15, 0.2) is 0 Å². The van der Waals surface area contributed by atoms with Gasteiger partial charge in [0.1, 0.15) is 11.6 Å². The van der Waals surface area contributed by atoms with Crippen molar-refractivity contribution in [1.29, 1.82) is 5.26 Å². The molecule has 1 unspecified atom stereocenters. The molecule has 2 N–H and O–H groups in total. The van der Waals surface area contributed by atoms with E-state index in [1.807, 2.05) is 56.3 Å². The molecule has 1 amide bonds. The lowest BCUT2D eigenvalue weighted by atomic mass is 10.0. The number of nitrogens with one attached hydrogen (secondary N) is 2. The molecule has 0 aliphatic carbocycles. The first-order valence-electron chi connectivity index (χ1n) is 9.12. The summed E-state index contributed by atoms with van der Waals surface area (Å²) in [4.78, 5) is 15.9. The van der Waals surface area contributed by atoms with Crippen molar-refractivity contribution in [2.45, 2.75) is 33.2 Å². The van der Waals surface area contributed by atoms with E-state index in [0.29, 0.717) is 0 Å².